The molecule has 4 aliphatic rings. The Bertz CT molecular complexity index is 509. The summed E-state index contributed by atoms with van der Waals surface area (Å²) in [6.07, 6.45) is 21.3. The Hall–Kier alpha value is -0.0800. The molecule has 2 heteroatoms. The van der Waals surface area contributed by atoms with Gasteiger partial charge in [0, 0.05) is 11.8 Å². The number of hydrogen-bond donors (Lipinski definition) is 0. The molecule has 2 saturated heterocycles. The topological polar surface area (TPSA) is 0 Å². The zero-order valence-corrected chi connectivity index (χ0v) is 22.5. The molecule has 0 aromatic heterocycles. The van der Waals surface area contributed by atoms with Crippen molar-refractivity contribution in [3.05, 3.63) is 0 Å². The normalized spacial score (nSPS) is 46.1. The molecule has 2 aliphatic heterocycles. The molecule has 4 fully saturated rings. The fourth-order valence-electron chi connectivity index (χ4n) is 8.80. The van der Waals surface area contributed by atoms with Gasteiger partial charge in [0.15, 0.2) is 0 Å². The average Bonchev–Trinajstić information content (AvgIpc) is 2.77. The van der Waals surface area contributed by atoms with Gasteiger partial charge in [-0.15, -0.1) is 0 Å². The van der Waals surface area contributed by atoms with Crippen molar-refractivity contribution in [3.8, 4) is 0 Å². The first-order valence-corrected chi connectivity index (χ1v) is 15.0. The van der Waals surface area contributed by atoms with Gasteiger partial charge in [-0.05, 0) is 114 Å². The third kappa shape index (κ3) is 6.97. The monoisotopic (exact) mass is 446 g/mol. The molecule has 4 atom stereocenters. The van der Waals surface area contributed by atoms with E-state index in [1.165, 1.54) is 86.8 Å². The van der Waals surface area contributed by atoms with Gasteiger partial charge in [0.05, 0.1) is 53.4 Å². The van der Waals surface area contributed by atoms with Gasteiger partial charge >= 0.3 is 0 Å². The third-order valence-corrected chi connectivity index (χ3v) is 10.9. The molecule has 0 amide bonds. The van der Waals surface area contributed by atoms with Crippen molar-refractivity contribution >= 4 is 0 Å². The largest absolute Gasteiger partial charge is 0.326 e. The Morgan fingerprint density at radius 2 is 0.906 bits per heavy atom. The Morgan fingerprint density at radius 3 is 1.25 bits per heavy atom. The first-order valence-electron chi connectivity index (χ1n) is 15.0. The third-order valence-electron chi connectivity index (χ3n) is 10.9. The van der Waals surface area contributed by atoms with Crippen molar-refractivity contribution in [1.29, 1.82) is 0 Å². The summed E-state index contributed by atoms with van der Waals surface area (Å²) < 4.78 is 2.75. The Labute approximate surface area is 201 Å². The molecular weight excluding hydrogens is 388 g/mol. The van der Waals surface area contributed by atoms with E-state index in [1.807, 2.05) is 0 Å². The summed E-state index contributed by atoms with van der Waals surface area (Å²) in [4.78, 5) is 0. The highest BCUT2D eigenvalue weighted by molar-refractivity contribution is 4.82. The fourth-order valence-corrected chi connectivity index (χ4v) is 8.80. The van der Waals surface area contributed by atoms with Crippen LogP contribution in [0, 0.1) is 35.5 Å². The van der Waals surface area contributed by atoms with Crippen LogP contribution in [0.5, 0.6) is 0 Å². The lowest BCUT2D eigenvalue weighted by atomic mass is 9.68. The zero-order valence-electron chi connectivity index (χ0n) is 22.5. The fraction of sp³-hybridized carbons (Fsp3) is 1.00. The highest BCUT2D eigenvalue weighted by atomic mass is 15.3. The van der Waals surface area contributed by atoms with Crippen LogP contribution < -0.4 is 0 Å². The van der Waals surface area contributed by atoms with E-state index in [4.69, 9.17) is 0 Å². The molecule has 32 heavy (non-hydrogen) atoms. The number of nitrogens with zero attached hydrogens (tertiary/aromatic N) is 2. The molecule has 4 unspecified atom stereocenters. The molecular formula is C30H58N2+2. The second kappa shape index (κ2) is 11.1. The van der Waals surface area contributed by atoms with Crippen molar-refractivity contribution in [2.75, 3.05) is 53.4 Å². The molecule has 186 valence electrons. The van der Waals surface area contributed by atoms with E-state index in [-0.39, 0.29) is 0 Å². The summed E-state index contributed by atoms with van der Waals surface area (Å²) in [6.45, 7) is 13.6. The second-order valence-electron chi connectivity index (χ2n) is 14.1. The van der Waals surface area contributed by atoms with Gasteiger partial charge in [-0.2, -0.15) is 0 Å². The molecule has 2 saturated carbocycles. The lowest BCUT2D eigenvalue weighted by molar-refractivity contribution is -0.917. The van der Waals surface area contributed by atoms with Gasteiger partial charge < -0.3 is 8.97 Å². The molecule has 0 N–H and O–H groups in total. The van der Waals surface area contributed by atoms with Gasteiger partial charge in [-0.1, -0.05) is 13.8 Å². The van der Waals surface area contributed by atoms with Crippen molar-refractivity contribution in [2.24, 2.45) is 35.5 Å². The van der Waals surface area contributed by atoms with Gasteiger partial charge in [0.2, 0.25) is 0 Å². The maximum Gasteiger partial charge on any atom is 0.0810 e. The van der Waals surface area contributed by atoms with Crippen molar-refractivity contribution in [1.82, 2.24) is 0 Å². The van der Waals surface area contributed by atoms with Crippen LogP contribution >= 0.6 is 0 Å². The SMILES string of the molecule is CC1CCC[N+](C)(CCC2CCC(C3CCC(CC[N+]4(C)CCCC(C)C4)CC3)CC2)C1. The highest BCUT2D eigenvalue weighted by Gasteiger charge is 2.35. The molecule has 0 aromatic rings. The van der Waals surface area contributed by atoms with E-state index >= 15 is 0 Å². The van der Waals surface area contributed by atoms with Crippen LogP contribution in [0.3, 0.4) is 0 Å². The highest BCUT2D eigenvalue weighted by Crippen LogP contribution is 2.43. The van der Waals surface area contributed by atoms with E-state index in [0.717, 1.165) is 35.5 Å². The van der Waals surface area contributed by atoms with Crippen molar-refractivity contribution in [3.63, 3.8) is 0 Å². The summed E-state index contributed by atoms with van der Waals surface area (Å²) in [5.41, 5.74) is 0. The van der Waals surface area contributed by atoms with Crippen molar-refractivity contribution in [2.45, 2.75) is 104 Å². The summed E-state index contributed by atoms with van der Waals surface area (Å²) in [7, 11) is 5.10. The first kappa shape index (κ1) is 25.0. The van der Waals surface area contributed by atoms with E-state index < -0.39 is 0 Å². The van der Waals surface area contributed by atoms with Crippen LogP contribution in [-0.4, -0.2) is 62.3 Å². The number of quaternary nitrogens is 2. The van der Waals surface area contributed by atoms with E-state index in [1.54, 1.807) is 51.4 Å². The van der Waals surface area contributed by atoms with E-state index in [2.05, 4.69) is 27.9 Å². The Balaban J connectivity index is 1.11. The number of piperidine rings is 2. The summed E-state index contributed by atoms with van der Waals surface area (Å²) in [6, 6.07) is 0. The van der Waals surface area contributed by atoms with E-state index in [9.17, 15) is 0 Å². The maximum absolute atomic E-state index is 2.55. The van der Waals surface area contributed by atoms with Gasteiger partial charge in [0.1, 0.15) is 0 Å². The standard InChI is InChI=1S/C30H58N2/c1-25-7-5-19-31(3,23-25)21-17-27-9-13-29(14-10-27)30-15-11-28(12-16-30)18-22-32(4)20-6-8-26(2)24-32/h25-30H,5-24H2,1-4H3/q+2. The van der Waals surface area contributed by atoms with Crippen LogP contribution in [0.1, 0.15) is 104 Å². The van der Waals surface area contributed by atoms with Crippen LogP contribution in [0.25, 0.3) is 0 Å². The average molecular weight is 447 g/mol. The van der Waals surface area contributed by atoms with Gasteiger partial charge in [0.25, 0.3) is 0 Å². The van der Waals surface area contributed by atoms with Crippen LogP contribution in [0.4, 0.5) is 0 Å². The van der Waals surface area contributed by atoms with Gasteiger partial charge in [-0.3, -0.25) is 0 Å². The smallest absolute Gasteiger partial charge is 0.0810 e. The second-order valence-corrected chi connectivity index (χ2v) is 14.1. The maximum atomic E-state index is 2.55. The predicted molar refractivity (Wildman–Crippen MR) is 138 cm³/mol. The minimum atomic E-state index is 0.952. The lowest BCUT2D eigenvalue weighted by Gasteiger charge is -2.43. The number of likely N-dealkylation sites (tertiary alicyclic amines) is 2. The predicted octanol–water partition coefficient (Wildman–Crippen LogP) is 7.13. The summed E-state index contributed by atoms with van der Waals surface area (Å²) in [5.74, 6) is 6.16. The van der Waals surface area contributed by atoms with Gasteiger partial charge in [-0.25, -0.2) is 0 Å². The number of rotatable bonds is 7. The van der Waals surface area contributed by atoms with Crippen LogP contribution in [0.15, 0.2) is 0 Å². The quantitative estimate of drug-likeness (QED) is 0.365. The molecule has 4 rings (SSSR count). The Morgan fingerprint density at radius 1 is 0.531 bits per heavy atom. The molecule has 0 bridgehead atoms. The molecule has 2 nitrogen and oxygen atoms in total. The minimum Gasteiger partial charge on any atom is -0.326 e. The number of hydrogen-bond acceptors (Lipinski definition) is 0. The van der Waals surface area contributed by atoms with Crippen LogP contribution in [-0.2, 0) is 0 Å². The Kier molecular flexibility index (Phi) is 8.69. The van der Waals surface area contributed by atoms with Crippen molar-refractivity contribution < 1.29 is 8.97 Å². The molecule has 0 spiro atoms. The molecule has 0 radical (unpaired) electrons. The first-order chi connectivity index (χ1) is 15.3. The summed E-state index contributed by atoms with van der Waals surface area (Å²) >= 11 is 0. The zero-order chi connectivity index (χ0) is 22.6. The summed E-state index contributed by atoms with van der Waals surface area (Å²) in [5, 5.41) is 0. The molecule has 2 aliphatic carbocycles. The molecule has 2 heterocycles. The lowest BCUT2D eigenvalue weighted by Crippen LogP contribution is -2.51. The van der Waals surface area contributed by atoms with Crippen LogP contribution in [0.2, 0.25) is 0 Å². The van der Waals surface area contributed by atoms with E-state index in [0.29, 0.717) is 0 Å². The minimum absolute atomic E-state index is 0.952. The molecule has 0 aromatic carbocycles.